The first-order valence-electron chi connectivity index (χ1n) is 15.0. The highest BCUT2D eigenvalue weighted by molar-refractivity contribution is 6.45. The van der Waals surface area contributed by atoms with E-state index in [2.05, 4.69) is 10.6 Å². The second-order valence-electron chi connectivity index (χ2n) is 15.1. The highest BCUT2D eigenvalue weighted by Crippen LogP contribution is 2.55. The molecule has 0 aromatic carbocycles. The Morgan fingerprint density at radius 2 is 1.50 bits per heavy atom. The van der Waals surface area contributed by atoms with E-state index in [1.165, 1.54) is 0 Å². The summed E-state index contributed by atoms with van der Waals surface area (Å²) in [5.74, 6) is -0.453. The van der Waals surface area contributed by atoms with Crippen molar-refractivity contribution in [1.29, 1.82) is 0 Å². The lowest BCUT2D eigenvalue weighted by Crippen LogP contribution is -2.74. The fraction of sp³-hybridized carbons (Fsp3) is 0.900. The summed E-state index contributed by atoms with van der Waals surface area (Å²) in [6.07, 6.45) is 3.52. The Morgan fingerprint density at radius 3 is 1.93 bits per heavy atom. The van der Waals surface area contributed by atoms with E-state index in [1.807, 2.05) is 76.2 Å². The number of nitrogens with one attached hydrogen (secondary N) is 2. The lowest BCUT2D eigenvalue weighted by molar-refractivity contribution is -0.160. The number of likely N-dealkylation sites (N-methyl/N-ethyl adjacent to an activating group) is 1. The summed E-state index contributed by atoms with van der Waals surface area (Å²) in [4.78, 5) is 41.2. The molecule has 2 aliphatic rings. The molecule has 1 saturated carbocycles. The summed E-state index contributed by atoms with van der Waals surface area (Å²) < 4.78 is 12.4. The smallest absolute Gasteiger partial charge is 0.457 e. The van der Waals surface area contributed by atoms with Crippen molar-refractivity contribution < 1.29 is 28.8 Å². The van der Waals surface area contributed by atoms with Crippen LogP contribution in [0.5, 0.6) is 0 Å². The van der Waals surface area contributed by atoms with Gasteiger partial charge in [-0.05, 0) is 91.8 Å². The molecule has 0 aromatic heterocycles. The molecule has 0 spiro atoms. The summed E-state index contributed by atoms with van der Waals surface area (Å²) in [6.45, 7) is 22.0. The maximum Gasteiger partial charge on any atom is 0.457 e. The second kappa shape index (κ2) is 11.8. The number of carboxylic acid groups (broad SMARTS) is 1. The van der Waals surface area contributed by atoms with Gasteiger partial charge in [0, 0.05) is 24.5 Å². The van der Waals surface area contributed by atoms with Gasteiger partial charge in [0.1, 0.15) is 5.54 Å². The monoisotopic (exact) mass is 565 g/mol. The number of carbonyl (C=O) groups excluding carboxylic acids is 2. The number of rotatable bonds is 11. The molecule has 40 heavy (non-hydrogen) atoms. The molecule has 0 radical (unpaired) electrons. The van der Waals surface area contributed by atoms with E-state index in [0.29, 0.717) is 44.8 Å². The third kappa shape index (κ3) is 7.15. The van der Waals surface area contributed by atoms with Crippen molar-refractivity contribution in [2.45, 2.75) is 155 Å². The summed E-state index contributed by atoms with van der Waals surface area (Å²) >= 11 is 0. The topological polar surface area (TPSA) is 117 Å². The van der Waals surface area contributed by atoms with Crippen molar-refractivity contribution in [2.24, 2.45) is 11.3 Å². The van der Waals surface area contributed by atoms with Crippen LogP contribution < -0.4 is 10.6 Å². The molecule has 3 N–H and O–H groups in total. The summed E-state index contributed by atoms with van der Waals surface area (Å²) in [5.41, 5.74) is -3.46. The molecular weight excluding hydrogens is 509 g/mol. The minimum Gasteiger partial charge on any atom is -0.465 e. The Hall–Kier alpha value is -1.81. The van der Waals surface area contributed by atoms with E-state index in [1.54, 1.807) is 11.9 Å². The zero-order valence-corrected chi connectivity index (χ0v) is 27.2. The van der Waals surface area contributed by atoms with Gasteiger partial charge in [-0.25, -0.2) is 4.79 Å². The summed E-state index contributed by atoms with van der Waals surface area (Å²) in [6, 6.07) is 0. The largest absolute Gasteiger partial charge is 0.465 e. The number of hydrogen-bond donors (Lipinski definition) is 3. The van der Waals surface area contributed by atoms with Crippen LogP contribution >= 0.6 is 0 Å². The fourth-order valence-electron chi connectivity index (χ4n) is 6.16. The molecule has 2 rings (SSSR count). The highest BCUT2D eigenvalue weighted by Gasteiger charge is 2.63. The zero-order chi connectivity index (χ0) is 30.9. The molecule has 0 aromatic rings. The average Bonchev–Trinajstić information content (AvgIpc) is 2.94. The van der Waals surface area contributed by atoms with Crippen molar-refractivity contribution in [3.8, 4) is 0 Å². The molecule has 1 aliphatic carbocycles. The number of carbonyl (C=O) groups is 3. The molecule has 1 unspecified atom stereocenters. The van der Waals surface area contributed by atoms with Gasteiger partial charge < -0.3 is 29.9 Å². The third-order valence-corrected chi connectivity index (χ3v) is 9.51. The van der Waals surface area contributed by atoms with Crippen molar-refractivity contribution >= 4 is 25.0 Å². The van der Waals surface area contributed by atoms with Crippen LogP contribution in [0.1, 0.15) is 121 Å². The fourth-order valence-corrected chi connectivity index (χ4v) is 6.16. The van der Waals surface area contributed by atoms with Crippen LogP contribution in [-0.4, -0.2) is 69.9 Å². The number of amides is 3. The molecule has 3 amide bonds. The van der Waals surface area contributed by atoms with Crippen molar-refractivity contribution in [3.63, 3.8) is 0 Å². The Labute approximate surface area is 243 Å². The standard InChI is InChI=1S/C30H56BN3O6/c1-13-16-22(35)34(12)30(23(36)32-26(5,6)7,21-19-29(20-21,25(2,3)4)33-24(37)38)17-14-15-18-31-39-27(8,9)28(10,11)40-31/h21,33H,13-20H2,1-12H3,(H,32,36)(H,37,38). The van der Waals surface area contributed by atoms with E-state index in [0.717, 1.165) is 6.42 Å². The molecule has 10 heteroatoms. The van der Waals surface area contributed by atoms with Gasteiger partial charge in [0.2, 0.25) is 11.8 Å². The number of hydrogen-bond acceptors (Lipinski definition) is 5. The van der Waals surface area contributed by atoms with Crippen LogP contribution in [0.3, 0.4) is 0 Å². The molecule has 9 nitrogen and oxygen atoms in total. The molecular formula is C30H56BN3O6. The zero-order valence-electron chi connectivity index (χ0n) is 27.2. The van der Waals surface area contributed by atoms with Crippen LogP contribution in [-0.2, 0) is 18.9 Å². The Balaban J connectivity index is 2.40. The SMILES string of the molecule is CCCC(=O)N(C)C(CCCCB1OC(C)(C)C(C)(C)O1)(C(=O)NC(C)(C)C)C1CC(NC(=O)O)(C(C)(C)C)C1. The van der Waals surface area contributed by atoms with Crippen LogP contribution in [0, 0.1) is 11.3 Å². The Morgan fingerprint density at radius 1 is 0.975 bits per heavy atom. The normalized spacial score (nSPS) is 25.5. The molecule has 1 aliphatic heterocycles. The number of unbranched alkanes of at least 4 members (excludes halogenated alkanes) is 1. The third-order valence-electron chi connectivity index (χ3n) is 9.51. The quantitative estimate of drug-likeness (QED) is 0.221. The lowest BCUT2D eigenvalue weighted by Gasteiger charge is -2.61. The maximum atomic E-state index is 14.3. The van der Waals surface area contributed by atoms with Crippen molar-refractivity contribution in [3.05, 3.63) is 0 Å². The van der Waals surface area contributed by atoms with Gasteiger partial charge in [-0.1, -0.05) is 40.5 Å². The first-order chi connectivity index (χ1) is 18.0. The van der Waals surface area contributed by atoms with Crippen LogP contribution in [0.2, 0.25) is 6.32 Å². The molecule has 1 atom stereocenters. The maximum absolute atomic E-state index is 14.3. The van der Waals surface area contributed by atoms with Gasteiger partial charge in [-0.3, -0.25) is 9.59 Å². The first kappa shape index (κ1) is 34.4. The predicted molar refractivity (Wildman–Crippen MR) is 159 cm³/mol. The van der Waals surface area contributed by atoms with Crippen LogP contribution in [0.25, 0.3) is 0 Å². The van der Waals surface area contributed by atoms with Gasteiger partial charge in [0.05, 0.1) is 11.2 Å². The predicted octanol–water partition coefficient (Wildman–Crippen LogP) is 5.62. The van der Waals surface area contributed by atoms with Crippen LogP contribution in [0.4, 0.5) is 4.79 Å². The van der Waals surface area contributed by atoms with Gasteiger partial charge in [0.15, 0.2) is 0 Å². The first-order valence-corrected chi connectivity index (χ1v) is 15.0. The van der Waals surface area contributed by atoms with Gasteiger partial charge >= 0.3 is 13.2 Å². The Bertz CT molecular complexity index is 917. The molecule has 1 heterocycles. The number of nitrogens with zero attached hydrogens (tertiary/aromatic N) is 1. The average molecular weight is 566 g/mol. The van der Waals surface area contributed by atoms with E-state index in [9.17, 15) is 19.5 Å². The molecule has 2 fully saturated rings. The Kier molecular flexibility index (Phi) is 10.2. The molecule has 0 bridgehead atoms. The van der Waals surface area contributed by atoms with Gasteiger partial charge in [-0.2, -0.15) is 0 Å². The van der Waals surface area contributed by atoms with E-state index < -0.39 is 33.9 Å². The van der Waals surface area contributed by atoms with Gasteiger partial charge in [-0.15, -0.1) is 0 Å². The van der Waals surface area contributed by atoms with Crippen molar-refractivity contribution in [2.75, 3.05) is 7.05 Å². The minimum atomic E-state index is -1.11. The highest BCUT2D eigenvalue weighted by atomic mass is 16.7. The lowest BCUT2D eigenvalue weighted by atomic mass is 9.51. The van der Waals surface area contributed by atoms with Crippen molar-refractivity contribution in [1.82, 2.24) is 15.5 Å². The summed E-state index contributed by atoms with van der Waals surface area (Å²) in [7, 11) is 1.43. The van der Waals surface area contributed by atoms with Crippen LogP contribution in [0.15, 0.2) is 0 Å². The van der Waals surface area contributed by atoms with E-state index >= 15 is 0 Å². The summed E-state index contributed by atoms with van der Waals surface area (Å²) in [5, 5.41) is 15.6. The molecule has 1 saturated heterocycles. The van der Waals surface area contributed by atoms with E-state index in [4.69, 9.17) is 9.31 Å². The second-order valence-corrected chi connectivity index (χ2v) is 15.1. The van der Waals surface area contributed by atoms with Gasteiger partial charge in [0.25, 0.3) is 0 Å². The minimum absolute atomic E-state index is 0.0722. The molecule has 230 valence electrons. The van der Waals surface area contributed by atoms with E-state index in [-0.39, 0.29) is 30.3 Å².